The Kier molecular flexibility index (Phi) is 4.85. The van der Waals surface area contributed by atoms with E-state index in [9.17, 15) is 4.79 Å². The number of rotatable bonds is 5. The number of anilines is 1. The van der Waals surface area contributed by atoms with Crippen LogP contribution in [0.5, 0.6) is 5.75 Å². The number of nitrogens with one attached hydrogen (secondary N) is 1. The summed E-state index contributed by atoms with van der Waals surface area (Å²) < 4.78 is 5.43. The monoisotopic (exact) mass is 304 g/mol. The van der Waals surface area contributed by atoms with Crippen molar-refractivity contribution in [1.29, 1.82) is 0 Å². The maximum absolute atomic E-state index is 11.9. The van der Waals surface area contributed by atoms with E-state index in [0.717, 1.165) is 5.56 Å². The van der Waals surface area contributed by atoms with Gasteiger partial charge >= 0.3 is 0 Å². The van der Waals surface area contributed by atoms with Gasteiger partial charge in [-0.15, -0.1) is 11.3 Å². The van der Waals surface area contributed by atoms with E-state index in [1.807, 2.05) is 6.92 Å². The highest BCUT2D eigenvalue weighted by molar-refractivity contribution is 7.12. The van der Waals surface area contributed by atoms with Gasteiger partial charge in [0, 0.05) is 21.5 Å². The fourth-order valence-electron chi connectivity index (χ4n) is 2.19. The van der Waals surface area contributed by atoms with Crippen LogP contribution in [0.15, 0.2) is 30.3 Å². The molecule has 0 radical (unpaired) electrons. The van der Waals surface area contributed by atoms with Crippen molar-refractivity contribution in [2.24, 2.45) is 0 Å². The number of thiophene rings is 1. The van der Waals surface area contributed by atoms with Crippen LogP contribution in [0.1, 0.15) is 28.3 Å². The van der Waals surface area contributed by atoms with Crippen molar-refractivity contribution in [3.63, 3.8) is 0 Å². The second-order valence-electron chi connectivity index (χ2n) is 5.02. The fourth-order valence-corrected chi connectivity index (χ4v) is 3.22. The summed E-state index contributed by atoms with van der Waals surface area (Å²) in [5, 5.41) is 2.95. The Hall–Kier alpha value is -2.01. The molecular formula is C16H20N2O2S. The van der Waals surface area contributed by atoms with Crippen LogP contribution in [-0.2, 0) is 4.79 Å². The lowest BCUT2D eigenvalue weighted by molar-refractivity contribution is -0.123. The first kappa shape index (κ1) is 15.4. The molecule has 21 heavy (non-hydrogen) atoms. The van der Waals surface area contributed by atoms with Gasteiger partial charge in [-0.25, -0.2) is 0 Å². The van der Waals surface area contributed by atoms with Crippen molar-refractivity contribution in [3.8, 4) is 5.75 Å². The predicted octanol–water partition coefficient (Wildman–Crippen LogP) is 3.20. The number of nitrogens with two attached hydrogens (primary N) is 1. The van der Waals surface area contributed by atoms with E-state index in [1.54, 1.807) is 35.6 Å². The van der Waals surface area contributed by atoms with E-state index in [2.05, 4.69) is 25.2 Å². The summed E-state index contributed by atoms with van der Waals surface area (Å²) in [6, 6.07) is 9.14. The van der Waals surface area contributed by atoms with E-state index >= 15 is 0 Å². The van der Waals surface area contributed by atoms with Crippen LogP contribution < -0.4 is 15.8 Å². The predicted molar refractivity (Wildman–Crippen MR) is 86.7 cm³/mol. The fraction of sp³-hybridized carbons (Fsp3) is 0.312. The molecule has 3 N–H and O–H groups in total. The summed E-state index contributed by atoms with van der Waals surface area (Å²) in [7, 11) is 0. The maximum atomic E-state index is 11.9. The third-order valence-corrected chi connectivity index (χ3v) is 4.13. The minimum Gasteiger partial charge on any atom is -0.484 e. The Labute approximate surface area is 128 Å². The van der Waals surface area contributed by atoms with Crippen molar-refractivity contribution in [2.45, 2.75) is 26.8 Å². The third kappa shape index (κ3) is 4.23. The molecular weight excluding hydrogens is 284 g/mol. The lowest BCUT2D eigenvalue weighted by atomic mass is 10.1. The Balaban J connectivity index is 1.88. The summed E-state index contributed by atoms with van der Waals surface area (Å²) in [5.41, 5.74) is 7.44. The summed E-state index contributed by atoms with van der Waals surface area (Å²) >= 11 is 1.74. The number of hydrogen-bond donors (Lipinski definition) is 2. The van der Waals surface area contributed by atoms with E-state index in [4.69, 9.17) is 10.5 Å². The molecule has 0 saturated carbocycles. The molecule has 4 nitrogen and oxygen atoms in total. The molecule has 0 spiro atoms. The van der Waals surface area contributed by atoms with Gasteiger partial charge < -0.3 is 15.8 Å². The molecule has 1 unspecified atom stereocenters. The summed E-state index contributed by atoms with van der Waals surface area (Å²) in [5.74, 6) is 0.452. The number of carbonyl (C=O) groups excluding carboxylic acids is 1. The topological polar surface area (TPSA) is 64.3 Å². The number of hydrogen-bond acceptors (Lipinski definition) is 4. The minimum absolute atomic E-state index is 0.0179. The standard InChI is InChI=1S/C16H20N2O2S/c1-10-7-15(12(3)21-10)11(2)18-16(19)9-20-14-6-4-5-13(17)8-14/h4-8,11H,9,17H2,1-3H3,(H,18,19). The van der Waals surface area contributed by atoms with E-state index in [1.165, 1.54) is 9.75 Å². The Morgan fingerprint density at radius 1 is 1.38 bits per heavy atom. The molecule has 112 valence electrons. The molecule has 2 aromatic rings. The summed E-state index contributed by atoms with van der Waals surface area (Å²) in [6.07, 6.45) is 0. The molecule has 0 fully saturated rings. The van der Waals surface area contributed by atoms with E-state index in [-0.39, 0.29) is 18.6 Å². The number of ether oxygens (including phenoxy) is 1. The van der Waals surface area contributed by atoms with Crippen molar-refractivity contribution in [3.05, 3.63) is 45.6 Å². The zero-order chi connectivity index (χ0) is 15.4. The normalized spacial score (nSPS) is 12.0. The van der Waals surface area contributed by atoms with Crippen LogP contribution in [0.3, 0.4) is 0 Å². The van der Waals surface area contributed by atoms with Gasteiger partial charge in [-0.05, 0) is 44.5 Å². The molecule has 0 bridgehead atoms. The van der Waals surface area contributed by atoms with Gasteiger partial charge in [-0.2, -0.15) is 0 Å². The van der Waals surface area contributed by atoms with Gasteiger partial charge in [-0.3, -0.25) is 4.79 Å². The van der Waals surface area contributed by atoms with Crippen molar-refractivity contribution >= 4 is 22.9 Å². The minimum atomic E-state index is -0.145. The SMILES string of the molecule is Cc1cc(C(C)NC(=O)COc2cccc(N)c2)c(C)s1. The Bertz CT molecular complexity index is 637. The first-order chi connectivity index (χ1) is 9.95. The lowest BCUT2D eigenvalue weighted by Crippen LogP contribution is -2.31. The average molecular weight is 304 g/mol. The molecule has 2 rings (SSSR count). The second-order valence-corrected chi connectivity index (χ2v) is 6.48. The van der Waals surface area contributed by atoms with Crippen LogP contribution in [0.2, 0.25) is 0 Å². The molecule has 0 aliphatic carbocycles. The van der Waals surface area contributed by atoms with Gasteiger partial charge in [-0.1, -0.05) is 6.07 Å². The highest BCUT2D eigenvalue weighted by Gasteiger charge is 2.14. The maximum Gasteiger partial charge on any atom is 0.258 e. The quantitative estimate of drug-likeness (QED) is 0.834. The lowest BCUT2D eigenvalue weighted by Gasteiger charge is -2.14. The first-order valence-corrected chi connectivity index (χ1v) is 7.62. The van der Waals surface area contributed by atoms with Gasteiger partial charge in [0.1, 0.15) is 5.75 Å². The smallest absolute Gasteiger partial charge is 0.258 e. The molecule has 1 atom stereocenters. The summed E-state index contributed by atoms with van der Waals surface area (Å²) in [4.78, 5) is 14.4. The average Bonchev–Trinajstić information content (AvgIpc) is 2.75. The molecule has 1 aromatic heterocycles. The van der Waals surface area contributed by atoms with Gasteiger partial charge in [0.05, 0.1) is 6.04 Å². The number of carbonyl (C=O) groups is 1. The zero-order valence-corrected chi connectivity index (χ0v) is 13.3. The molecule has 1 amide bonds. The highest BCUT2D eigenvalue weighted by atomic mass is 32.1. The highest BCUT2D eigenvalue weighted by Crippen LogP contribution is 2.26. The van der Waals surface area contributed by atoms with Crippen LogP contribution >= 0.6 is 11.3 Å². The largest absolute Gasteiger partial charge is 0.484 e. The van der Waals surface area contributed by atoms with Gasteiger partial charge in [0.15, 0.2) is 6.61 Å². The number of benzene rings is 1. The second kappa shape index (κ2) is 6.63. The van der Waals surface area contributed by atoms with Crippen LogP contribution in [0, 0.1) is 13.8 Å². The zero-order valence-electron chi connectivity index (χ0n) is 12.5. The Morgan fingerprint density at radius 3 is 2.76 bits per heavy atom. The molecule has 0 saturated heterocycles. The molecule has 0 aliphatic rings. The third-order valence-electron chi connectivity index (χ3n) is 3.15. The molecule has 5 heteroatoms. The number of amides is 1. The van der Waals surface area contributed by atoms with E-state index < -0.39 is 0 Å². The first-order valence-electron chi connectivity index (χ1n) is 6.80. The van der Waals surface area contributed by atoms with Crippen molar-refractivity contribution in [2.75, 3.05) is 12.3 Å². The van der Waals surface area contributed by atoms with Crippen molar-refractivity contribution in [1.82, 2.24) is 5.32 Å². The van der Waals surface area contributed by atoms with Crippen LogP contribution in [0.25, 0.3) is 0 Å². The van der Waals surface area contributed by atoms with Gasteiger partial charge in [0.25, 0.3) is 5.91 Å². The van der Waals surface area contributed by atoms with E-state index in [0.29, 0.717) is 11.4 Å². The van der Waals surface area contributed by atoms with Crippen LogP contribution in [0.4, 0.5) is 5.69 Å². The van der Waals surface area contributed by atoms with Gasteiger partial charge in [0.2, 0.25) is 0 Å². The van der Waals surface area contributed by atoms with Crippen molar-refractivity contribution < 1.29 is 9.53 Å². The van der Waals surface area contributed by atoms with Crippen LogP contribution in [-0.4, -0.2) is 12.5 Å². The Morgan fingerprint density at radius 2 is 2.14 bits per heavy atom. The molecule has 1 heterocycles. The molecule has 1 aromatic carbocycles. The number of aryl methyl sites for hydroxylation is 2. The molecule has 0 aliphatic heterocycles. The summed E-state index contributed by atoms with van der Waals surface area (Å²) in [6.45, 7) is 6.10. The number of nitrogen functional groups attached to an aromatic ring is 1.